The highest BCUT2D eigenvalue weighted by atomic mass is 14.9. The van der Waals surface area contributed by atoms with Crippen molar-refractivity contribution in [2.24, 2.45) is 5.92 Å². The Balaban J connectivity index is 2.21. The first-order valence-electron chi connectivity index (χ1n) is 5.97. The maximum Gasteiger partial charge on any atom is 0.0214 e. The van der Waals surface area contributed by atoms with E-state index in [4.69, 9.17) is 0 Å². The van der Waals surface area contributed by atoms with Crippen molar-refractivity contribution >= 4 is 0 Å². The second-order valence-corrected chi connectivity index (χ2v) is 4.35. The zero-order valence-corrected chi connectivity index (χ0v) is 9.60. The molecule has 0 saturated heterocycles. The number of hydrogen-bond donors (Lipinski definition) is 1. The molecule has 1 aliphatic rings. The van der Waals surface area contributed by atoms with Crippen LogP contribution in [0.5, 0.6) is 0 Å². The zero-order chi connectivity index (χ0) is 10.2. The van der Waals surface area contributed by atoms with Crippen molar-refractivity contribution in [3.05, 3.63) is 0 Å². The van der Waals surface area contributed by atoms with Gasteiger partial charge in [0.1, 0.15) is 0 Å². The van der Waals surface area contributed by atoms with Gasteiger partial charge in [0, 0.05) is 19.0 Å². The van der Waals surface area contributed by atoms with E-state index >= 15 is 0 Å². The van der Waals surface area contributed by atoms with Crippen molar-refractivity contribution in [2.75, 3.05) is 6.54 Å². The van der Waals surface area contributed by atoms with E-state index in [1.165, 1.54) is 32.1 Å². The monoisotopic (exact) mass is 193 g/mol. The van der Waals surface area contributed by atoms with E-state index < -0.39 is 0 Å². The van der Waals surface area contributed by atoms with Crippen LogP contribution < -0.4 is 5.32 Å². The first-order chi connectivity index (χ1) is 6.84. The molecule has 1 fully saturated rings. The lowest BCUT2D eigenvalue weighted by molar-refractivity contribution is 0.361. The fourth-order valence-electron chi connectivity index (χ4n) is 2.24. The third-order valence-corrected chi connectivity index (χ3v) is 3.19. The molecule has 14 heavy (non-hydrogen) atoms. The molecule has 1 saturated carbocycles. The van der Waals surface area contributed by atoms with Gasteiger partial charge in [0.25, 0.3) is 0 Å². The van der Waals surface area contributed by atoms with Crippen LogP contribution in [0.4, 0.5) is 0 Å². The maximum atomic E-state index is 3.64. The van der Waals surface area contributed by atoms with E-state index in [0.717, 1.165) is 24.9 Å². The molecule has 0 aromatic carbocycles. The molecule has 1 N–H and O–H groups in total. The van der Waals surface area contributed by atoms with Crippen molar-refractivity contribution in [3.8, 4) is 11.8 Å². The Morgan fingerprint density at radius 3 is 2.79 bits per heavy atom. The average Bonchev–Trinajstić information content (AvgIpc) is 2.39. The van der Waals surface area contributed by atoms with Crippen molar-refractivity contribution in [2.45, 2.75) is 58.4 Å². The fourth-order valence-corrected chi connectivity index (χ4v) is 2.24. The lowest BCUT2D eigenvalue weighted by Crippen LogP contribution is -2.34. The van der Waals surface area contributed by atoms with Gasteiger partial charge in [-0.15, -0.1) is 11.8 Å². The van der Waals surface area contributed by atoms with E-state index in [1.807, 2.05) is 6.92 Å². The predicted octanol–water partition coefficient (Wildman–Crippen LogP) is 2.96. The van der Waals surface area contributed by atoms with Gasteiger partial charge in [-0.3, -0.25) is 0 Å². The van der Waals surface area contributed by atoms with Crippen molar-refractivity contribution in [1.82, 2.24) is 5.32 Å². The Kier molecular flexibility index (Phi) is 5.71. The summed E-state index contributed by atoms with van der Waals surface area (Å²) in [5.74, 6) is 6.90. The molecule has 0 radical (unpaired) electrons. The van der Waals surface area contributed by atoms with E-state index in [1.54, 1.807) is 0 Å². The van der Waals surface area contributed by atoms with Crippen molar-refractivity contribution in [3.63, 3.8) is 0 Å². The quantitative estimate of drug-likeness (QED) is 0.413. The Morgan fingerprint density at radius 2 is 2.00 bits per heavy atom. The highest BCUT2D eigenvalue weighted by Gasteiger charge is 2.18. The number of nitrogens with one attached hydrogen (secondary N) is 1. The summed E-state index contributed by atoms with van der Waals surface area (Å²) < 4.78 is 0. The summed E-state index contributed by atoms with van der Waals surface area (Å²) in [5, 5.41) is 3.64. The summed E-state index contributed by atoms with van der Waals surface area (Å²) in [6.45, 7) is 5.36. The average molecular weight is 193 g/mol. The van der Waals surface area contributed by atoms with Crippen molar-refractivity contribution < 1.29 is 0 Å². The molecule has 1 nitrogen and oxygen atoms in total. The lowest BCUT2D eigenvalue weighted by atomic mass is 9.97. The first kappa shape index (κ1) is 11.6. The molecule has 2 atom stereocenters. The van der Waals surface area contributed by atoms with Gasteiger partial charge in [0.2, 0.25) is 0 Å². The SMILES string of the molecule is CC#CCCNC1CCCCCC1C. The minimum Gasteiger partial charge on any atom is -0.313 e. The van der Waals surface area contributed by atoms with Gasteiger partial charge in [-0.25, -0.2) is 0 Å². The standard InChI is InChI=1S/C13H23N/c1-3-4-8-11-14-13-10-7-5-6-9-12(13)2/h12-14H,5-11H2,1-2H3. The topological polar surface area (TPSA) is 12.0 Å². The molecule has 80 valence electrons. The van der Waals surface area contributed by atoms with Crippen molar-refractivity contribution in [1.29, 1.82) is 0 Å². The van der Waals surface area contributed by atoms with Crippen LogP contribution in [0, 0.1) is 17.8 Å². The Morgan fingerprint density at radius 1 is 1.21 bits per heavy atom. The fraction of sp³-hybridized carbons (Fsp3) is 0.846. The molecular weight excluding hydrogens is 170 g/mol. The van der Waals surface area contributed by atoms with Gasteiger partial charge in [0.05, 0.1) is 0 Å². The Hall–Kier alpha value is -0.480. The first-order valence-corrected chi connectivity index (χ1v) is 5.97. The third-order valence-electron chi connectivity index (χ3n) is 3.19. The largest absolute Gasteiger partial charge is 0.313 e. The molecule has 1 heteroatoms. The number of rotatable bonds is 3. The molecule has 0 aromatic rings. The minimum absolute atomic E-state index is 0.746. The van der Waals surface area contributed by atoms with Crippen LogP contribution in [0.2, 0.25) is 0 Å². The van der Waals surface area contributed by atoms with Crippen LogP contribution in [0.1, 0.15) is 52.4 Å². The molecule has 0 aliphatic heterocycles. The van der Waals surface area contributed by atoms with Crippen LogP contribution in [-0.2, 0) is 0 Å². The normalized spacial score (nSPS) is 27.6. The van der Waals surface area contributed by atoms with E-state index in [-0.39, 0.29) is 0 Å². The Bertz CT molecular complexity index is 199. The van der Waals surface area contributed by atoms with Crippen LogP contribution in [-0.4, -0.2) is 12.6 Å². The van der Waals surface area contributed by atoms with Gasteiger partial charge in [-0.2, -0.15) is 0 Å². The zero-order valence-electron chi connectivity index (χ0n) is 9.60. The minimum atomic E-state index is 0.746. The Labute approximate surface area is 88.7 Å². The summed E-state index contributed by atoms with van der Waals surface area (Å²) >= 11 is 0. The molecule has 1 rings (SSSR count). The summed E-state index contributed by atoms with van der Waals surface area (Å²) in [5.41, 5.74) is 0. The van der Waals surface area contributed by atoms with Gasteiger partial charge < -0.3 is 5.32 Å². The van der Waals surface area contributed by atoms with Crippen LogP contribution in [0.15, 0.2) is 0 Å². The van der Waals surface area contributed by atoms with E-state index in [2.05, 4.69) is 24.1 Å². The predicted molar refractivity (Wildman–Crippen MR) is 62.1 cm³/mol. The van der Waals surface area contributed by atoms with Crippen LogP contribution >= 0.6 is 0 Å². The van der Waals surface area contributed by atoms with Gasteiger partial charge in [-0.1, -0.05) is 26.2 Å². The highest BCUT2D eigenvalue weighted by Crippen LogP contribution is 2.22. The number of hydrogen-bond acceptors (Lipinski definition) is 1. The smallest absolute Gasteiger partial charge is 0.0214 e. The lowest BCUT2D eigenvalue weighted by Gasteiger charge is -2.22. The van der Waals surface area contributed by atoms with Crippen LogP contribution in [0.25, 0.3) is 0 Å². The third kappa shape index (κ3) is 4.15. The molecular formula is C13H23N. The molecule has 1 aliphatic carbocycles. The van der Waals surface area contributed by atoms with Gasteiger partial charge in [-0.05, 0) is 25.7 Å². The highest BCUT2D eigenvalue weighted by molar-refractivity contribution is 4.95. The summed E-state index contributed by atoms with van der Waals surface area (Å²) in [6.07, 6.45) is 8.02. The van der Waals surface area contributed by atoms with Gasteiger partial charge in [0.15, 0.2) is 0 Å². The molecule has 0 aromatic heterocycles. The second-order valence-electron chi connectivity index (χ2n) is 4.35. The summed E-state index contributed by atoms with van der Waals surface area (Å²) in [6, 6.07) is 0.746. The van der Waals surface area contributed by atoms with E-state index in [0.29, 0.717) is 0 Å². The van der Waals surface area contributed by atoms with Gasteiger partial charge >= 0.3 is 0 Å². The summed E-state index contributed by atoms with van der Waals surface area (Å²) in [7, 11) is 0. The molecule has 0 amide bonds. The van der Waals surface area contributed by atoms with E-state index in [9.17, 15) is 0 Å². The molecule has 0 heterocycles. The molecule has 0 spiro atoms. The second kappa shape index (κ2) is 6.90. The maximum absolute atomic E-state index is 3.64. The molecule has 0 bridgehead atoms. The molecule has 2 unspecified atom stereocenters. The summed E-state index contributed by atoms with van der Waals surface area (Å²) in [4.78, 5) is 0. The van der Waals surface area contributed by atoms with Crippen LogP contribution in [0.3, 0.4) is 0 Å².